The summed E-state index contributed by atoms with van der Waals surface area (Å²) in [7, 11) is 0. The highest BCUT2D eigenvalue weighted by atomic mass is 32.1. The van der Waals surface area contributed by atoms with E-state index in [1.54, 1.807) is 6.07 Å². The summed E-state index contributed by atoms with van der Waals surface area (Å²) < 4.78 is 0. The molecule has 0 saturated carbocycles. The molecule has 0 saturated heterocycles. The first-order valence-electron chi connectivity index (χ1n) is 3.76. The molecule has 2 nitrogen and oxygen atoms in total. The monoisotopic (exact) mass is 179 g/mol. The topological polar surface area (TPSA) is 40.9 Å². The second-order valence-electron chi connectivity index (χ2n) is 2.38. The lowest BCUT2D eigenvalue weighted by Crippen LogP contribution is -1.92. The summed E-state index contributed by atoms with van der Waals surface area (Å²) in [5.41, 5.74) is 0. The third kappa shape index (κ3) is 1.93. The van der Waals surface area contributed by atoms with Crippen LogP contribution < -0.4 is 0 Å². The number of rotatable bonds is 3. The van der Waals surface area contributed by atoms with Gasteiger partial charge in [0.25, 0.3) is 0 Å². The van der Waals surface area contributed by atoms with Gasteiger partial charge in [0.2, 0.25) is 0 Å². The van der Waals surface area contributed by atoms with Gasteiger partial charge in [-0.1, -0.05) is 6.92 Å². The van der Waals surface area contributed by atoms with Crippen LogP contribution in [-0.2, 0) is 6.42 Å². The molecule has 0 N–H and O–H groups in total. The maximum absolute atomic E-state index is 11.2. The molecule has 0 atom stereocenters. The van der Waals surface area contributed by atoms with E-state index in [2.05, 4.69) is 0 Å². The first-order valence-corrected chi connectivity index (χ1v) is 4.58. The lowest BCUT2D eigenvalue weighted by molar-refractivity contribution is 0.100. The molecule has 0 amide bonds. The standard InChI is InChI=1S/C9H9NOS/c1-2-7-3-4-9(12-7)8(11)5-6-10/h3-4H,2,5H2,1H3. The number of nitrogens with zero attached hydrogens (tertiary/aromatic N) is 1. The zero-order chi connectivity index (χ0) is 8.97. The van der Waals surface area contributed by atoms with Gasteiger partial charge in [-0.05, 0) is 18.6 Å². The van der Waals surface area contributed by atoms with Gasteiger partial charge in [0.1, 0.15) is 0 Å². The van der Waals surface area contributed by atoms with E-state index in [4.69, 9.17) is 5.26 Å². The molecule has 1 aromatic rings. The summed E-state index contributed by atoms with van der Waals surface area (Å²) >= 11 is 1.48. The Morgan fingerprint density at radius 2 is 2.42 bits per heavy atom. The molecule has 3 heteroatoms. The molecule has 0 radical (unpaired) electrons. The number of nitriles is 1. The van der Waals surface area contributed by atoms with Gasteiger partial charge in [-0.2, -0.15) is 5.26 Å². The number of ketones is 1. The number of hydrogen-bond acceptors (Lipinski definition) is 3. The van der Waals surface area contributed by atoms with Crippen LogP contribution >= 0.6 is 11.3 Å². The fourth-order valence-corrected chi connectivity index (χ4v) is 1.76. The van der Waals surface area contributed by atoms with Crippen molar-refractivity contribution in [1.29, 1.82) is 5.26 Å². The van der Waals surface area contributed by atoms with Crippen LogP contribution in [0.15, 0.2) is 12.1 Å². The van der Waals surface area contributed by atoms with Crippen LogP contribution in [-0.4, -0.2) is 5.78 Å². The van der Waals surface area contributed by atoms with Gasteiger partial charge in [-0.25, -0.2) is 0 Å². The molecule has 0 fully saturated rings. The smallest absolute Gasteiger partial charge is 0.186 e. The van der Waals surface area contributed by atoms with E-state index in [9.17, 15) is 4.79 Å². The van der Waals surface area contributed by atoms with Gasteiger partial charge in [0, 0.05) is 4.88 Å². The number of carbonyl (C=O) groups is 1. The molecule has 0 bridgehead atoms. The summed E-state index contributed by atoms with van der Waals surface area (Å²) in [6, 6.07) is 5.58. The van der Waals surface area contributed by atoms with Crippen molar-refractivity contribution in [3.63, 3.8) is 0 Å². The van der Waals surface area contributed by atoms with Crippen LogP contribution in [0.4, 0.5) is 0 Å². The minimum absolute atomic E-state index is 0.0103. The van der Waals surface area contributed by atoms with E-state index in [-0.39, 0.29) is 12.2 Å². The summed E-state index contributed by atoms with van der Waals surface area (Å²) in [6.07, 6.45) is 0.939. The molecule has 12 heavy (non-hydrogen) atoms. The minimum atomic E-state index is -0.0674. The largest absolute Gasteiger partial charge is 0.292 e. The highest BCUT2D eigenvalue weighted by Crippen LogP contribution is 2.18. The van der Waals surface area contributed by atoms with Crippen molar-refractivity contribution in [2.24, 2.45) is 0 Å². The van der Waals surface area contributed by atoms with Crippen LogP contribution in [0.2, 0.25) is 0 Å². The van der Waals surface area contributed by atoms with Crippen molar-refractivity contribution in [3.8, 4) is 6.07 Å². The van der Waals surface area contributed by atoms with Gasteiger partial charge in [-0.15, -0.1) is 11.3 Å². The fourth-order valence-electron chi connectivity index (χ4n) is 0.877. The minimum Gasteiger partial charge on any atom is -0.292 e. The summed E-state index contributed by atoms with van der Waals surface area (Å²) in [5.74, 6) is -0.0674. The van der Waals surface area contributed by atoms with Crippen molar-refractivity contribution in [1.82, 2.24) is 0 Å². The van der Waals surface area contributed by atoms with Crippen LogP contribution in [0.25, 0.3) is 0 Å². The normalized spacial score (nSPS) is 9.33. The molecule has 0 aliphatic carbocycles. The van der Waals surface area contributed by atoms with Crippen LogP contribution in [0, 0.1) is 11.3 Å². The molecular formula is C9H9NOS. The Balaban J connectivity index is 2.76. The van der Waals surface area contributed by atoms with Crippen LogP contribution in [0.1, 0.15) is 27.9 Å². The second-order valence-corrected chi connectivity index (χ2v) is 3.55. The number of Topliss-reactive ketones (excluding diaryl/α,β-unsaturated/α-hetero) is 1. The Kier molecular flexibility index (Phi) is 3.01. The predicted octanol–water partition coefficient (Wildman–Crippen LogP) is 2.41. The molecule has 62 valence electrons. The second kappa shape index (κ2) is 4.03. The van der Waals surface area contributed by atoms with Gasteiger partial charge in [0.05, 0.1) is 17.4 Å². The van der Waals surface area contributed by atoms with Crippen molar-refractivity contribution in [3.05, 3.63) is 21.9 Å². The quantitative estimate of drug-likeness (QED) is 0.668. The van der Waals surface area contributed by atoms with Crippen molar-refractivity contribution < 1.29 is 4.79 Å². The molecule has 0 unspecified atom stereocenters. The Morgan fingerprint density at radius 1 is 1.67 bits per heavy atom. The van der Waals surface area contributed by atoms with E-state index in [1.807, 2.05) is 19.1 Å². The van der Waals surface area contributed by atoms with Gasteiger partial charge < -0.3 is 0 Å². The molecule has 0 spiro atoms. The highest BCUT2D eigenvalue weighted by molar-refractivity contribution is 7.14. The van der Waals surface area contributed by atoms with Crippen LogP contribution in [0.5, 0.6) is 0 Å². The van der Waals surface area contributed by atoms with Gasteiger partial charge in [-0.3, -0.25) is 4.79 Å². The van der Waals surface area contributed by atoms with E-state index >= 15 is 0 Å². The Bertz CT molecular complexity index is 322. The average molecular weight is 179 g/mol. The summed E-state index contributed by atoms with van der Waals surface area (Å²) in [4.78, 5) is 13.1. The van der Waals surface area contributed by atoms with Crippen LogP contribution in [0.3, 0.4) is 0 Å². The Hall–Kier alpha value is -1.14. The Morgan fingerprint density at radius 3 is 2.92 bits per heavy atom. The molecule has 1 aromatic heterocycles. The number of carbonyl (C=O) groups excluding carboxylic acids is 1. The summed E-state index contributed by atoms with van der Waals surface area (Å²) in [6.45, 7) is 2.05. The predicted molar refractivity (Wildman–Crippen MR) is 48.3 cm³/mol. The van der Waals surface area contributed by atoms with Crippen molar-refractivity contribution >= 4 is 17.1 Å². The first kappa shape index (κ1) is 8.95. The third-order valence-corrected chi connectivity index (χ3v) is 2.80. The summed E-state index contributed by atoms with van der Waals surface area (Å²) in [5, 5.41) is 8.30. The molecule has 0 aliphatic rings. The average Bonchev–Trinajstić information content (AvgIpc) is 2.52. The first-order chi connectivity index (χ1) is 5.77. The highest BCUT2D eigenvalue weighted by Gasteiger charge is 2.07. The Labute approximate surface area is 75.5 Å². The van der Waals surface area contributed by atoms with E-state index < -0.39 is 0 Å². The lowest BCUT2D eigenvalue weighted by Gasteiger charge is -1.87. The molecule has 1 heterocycles. The fraction of sp³-hybridized carbons (Fsp3) is 0.333. The van der Waals surface area contributed by atoms with E-state index in [1.165, 1.54) is 16.2 Å². The zero-order valence-electron chi connectivity index (χ0n) is 6.83. The maximum atomic E-state index is 11.2. The lowest BCUT2D eigenvalue weighted by atomic mass is 10.2. The van der Waals surface area contributed by atoms with Crippen molar-refractivity contribution in [2.75, 3.05) is 0 Å². The SMILES string of the molecule is CCc1ccc(C(=O)CC#N)s1. The third-order valence-electron chi connectivity index (χ3n) is 1.52. The number of thiophene rings is 1. The van der Waals surface area contributed by atoms with E-state index in [0.29, 0.717) is 4.88 Å². The van der Waals surface area contributed by atoms with Gasteiger partial charge >= 0.3 is 0 Å². The van der Waals surface area contributed by atoms with E-state index in [0.717, 1.165) is 6.42 Å². The number of aryl methyl sites for hydroxylation is 1. The maximum Gasteiger partial charge on any atom is 0.186 e. The number of hydrogen-bond donors (Lipinski definition) is 0. The van der Waals surface area contributed by atoms with Gasteiger partial charge in [0.15, 0.2) is 5.78 Å². The molecule has 0 aliphatic heterocycles. The molecule has 1 rings (SSSR count). The molecule has 0 aromatic carbocycles. The molecular weight excluding hydrogens is 170 g/mol. The zero-order valence-corrected chi connectivity index (χ0v) is 7.65. The van der Waals surface area contributed by atoms with Crippen molar-refractivity contribution in [2.45, 2.75) is 19.8 Å².